The Morgan fingerprint density at radius 2 is 1.81 bits per heavy atom. The number of para-hydroxylation sites is 1. The van der Waals surface area contributed by atoms with E-state index in [-0.39, 0.29) is 6.79 Å². The molecule has 0 fully saturated rings. The van der Waals surface area contributed by atoms with E-state index in [4.69, 9.17) is 14.2 Å². The molecule has 8 heteroatoms. The topological polar surface area (TPSA) is 86.8 Å². The van der Waals surface area contributed by atoms with Gasteiger partial charge in [-0.05, 0) is 37.3 Å². The molecule has 1 aliphatic rings. The predicted molar refractivity (Wildman–Crippen MR) is 121 cm³/mol. The van der Waals surface area contributed by atoms with Gasteiger partial charge in [-0.15, -0.1) is 11.3 Å². The van der Waals surface area contributed by atoms with Crippen LogP contribution in [0.1, 0.15) is 17.3 Å². The van der Waals surface area contributed by atoms with Crippen LogP contribution in [0.25, 0.3) is 20.8 Å². The fourth-order valence-corrected chi connectivity index (χ4v) is 4.34. The molecule has 0 spiro atoms. The number of esters is 1. The molecule has 1 aromatic heterocycles. The third-order valence-corrected chi connectivity index (χ3v) is 6.03. The van der Waals surface area contributed by atoms with Gasteiger partial charge in [-0.25, -0.2) is 9.78 Å². The summed E-state index contributed by atoms with van der Waals surface area (Å²) in [6.45, 7) is 1.68. The van der Waals surface area contributed by atoms with Crippen LogP contribution in [0.15, 0.2) is 66.7 Å². The molecule has 32 heavy (non-hydrogen) atoms. The number of hydrogen-bond donors (Lipinski definition) is 1. The van der Waals surface area contributed by atoms with Gasteiger partial charge in [-0.3, -0.25) is 4.79 Å². The fraction of sp³-hybridized carbons (Fsp3) is 0.125. The molecule has 0 bridgehead atoms. The molecule has 5 rings (SSSR count). The Hall–Kier alpha value is -3.91. The summed E-state index contributed by atoms with van der Waals surface area (Å²) >= 11 is 1.50. The second-order valence-electron chi connectivity index (χ2n) is 7.14. The van der Waals surface area contributed by atoms with Crippen LogP contribution in [-0.4, -0.2) is 29.8 Å². The van der Waals surface area contributed by atoms with Gasteiger partial charge in [-0.1, -0.05) is 30.3 Å². The van der Waals surface area contributed by atoms with Crippen LogP contribution >= 0.6 is 11.3 Å². The number of hydrogen-bond acceptors (Lipinski definition) is 7. The summed E-state index contributed by atoms with van der Waals surface area (Å²) in [5.41, 5.74) is 2.42. The fourth-order valence-electron chi connectivity index (χ4n) is 3.33. The second-order valence-corrected chi connectivity index (χ2v) is 8.17. The maximum absolute atomic E-state index is 12.9. The molecule has 0 saturated carbocycles. The summed E-state index contributed by atoms with van der Waals surface area (Å²) in [7, 11) is 0. The maximum atomic E-state index is 12.9. The first-order valence-corrected chi connectivity index (χ1v) is 10.8. The number of benzene rings is 3. The Morgan fingerprint density at radius 3 is 2.69 bits per heavy atom. The molecule has 7 nitrogen and oxygen atoms in total. The van der Waals surface area contributed by atoms with Gasteiger partial charge >= 0.3 is 5.97 Å². The summed E-state index contributed by atoms with van der Waals surface area (Å²) in [5, 5.41) is 3.45. The van der Waals surface area contributed by atoms with Crippen molar-refractivity contribution in [2.24, 2.45) is 0 Å². The highest BCUT2D eigenvalue weighted by molar-refractivity contribution is 7.21. The van der Waals surface area contributed by atoms with Crippen LogP contribution in [0.2, 0.25) is 0 Å². The molecular weight excluding hydrogens is 428 g/mol. The molecule has 1 N–H and O–H groups in total. The summed E-state index contributed by atoms with van der Waals surface area (Å²) in [4.78, 5) is 30.1. The highest BCUT2D eigenvalue weighted by Crippen LogP contribution is 2.34. The van der Waals surface area contributed by atoms with Gasteiger partial charge in [0, 0.05) is 17.3 Å². The van der Waals surface area contributed by atoms with Crippen LogP contribution < -0.4 is 14.8 Å². The van der Waals surface area contributed by atoms with Crippen molar-refractivity contribution < 1.29 is 23.8 Å². The van der Waals surface area contributed by atoms with Crippen LogP contribution in [0.5, 0.6) is 11.5 Å². The van der Waals surface area contributed by atoms with Crippen molar-refractivity contribution in [2.45, 2.75) is 13.0 Å². The average Bonchev–Trinajstić information content (AvgIpc) is 3.45. The number of carbonyl (C=O) groups excluding carboxylic acids is 2. The average molecular weight is 446 g/mol. The van der Waals surface area contributed by atoms with E-state index < -0.39 is 18.0 Å². The molecule has 1 amide bonds. The number of amides is 1. The number of nitrogens with one attached hydrogen (secondary N) is 1. The second kappa shape index (κ2) is 8.32. The minimum atomic E-state index is -1.00. The van der Waals surface area contributed by atoms with Crippen molar-refractivity contribution in [2.75, 3.05) is 12.1 Å². The lowest BCUT2D eigenvalue weighted by Crippen LogP contribution is -2.30. The number of aromatic nitrogens is 1. The molecule has 3 aromatic carbocycles. The van der Waals surface area contributed by atoms with E-state index in [1.807, 2.05) is 36.4 Å². The molecule has 160 valence electrons. The third-order valence-electron chi connectivity index (χ3n) is 4.96. The first kappa shape index (κ1) is 20.0. The van der Waals surface area contributed by atoms with Gasteiger partial charge in [0.1, 0.15) is 5.01 Å². The number of carbonyl (C=O) groups is 2. The van der Waals surface area contributed by atoms with E-state index in [2.05, 4.69) is 10.3 Å². The largest absolute Gasteiger partial charge is 0.454 e. The van der Waals surface area contributed by atoms with Crippen molar-refractivity contribution in [1.29, 1.82) is 0 Å². The van der Waals surface area contributed by atoms with Crippen molar-refractivity contribution in [3.63, 3.8) is 0 Å². The van der Waals surface area contributed by atoms with Gasteiger partial charge in [-0.2, -0.15) is 0 Å². The lowest BCUT2D eigenvalue weighted by molar-refractivity contribution is -0.123. The van der Waals surface area contributed by atoms with Crippen LogP contribution in [-0.2, 0) is 9.53 Å². The van der Waals surface area contributed by atoms with E-state index >= 15 is 0 Å². The molecule has 2 heterocycles. The Morgan fingerprint density at radius 1 is 1.03 bits per heavy atom. The maximum Gasteiger partial charge on any atom is 0.339 e. The van der Waals surface area contributed by atoms with Crippen molar-refractivity contribution in [3.8, 4) is 22.1 Å². The number of rotatable bonds is 5. The summed E-state index contributed by atoms with van der Waals surface area (Å²) in [5.74, 6) is 0.133. The van der Waals surface area contributed by atoms with Crippen LogP contribution in [0.3, 0.4) is 0 Å². The highest BCUT2D eigenvalue weighted by Gasteiger charge is 2.23. The van der Waals surface area contributed by atoms with E-state index in [1.165, 1.54) is 18.3 Å². The molecule has 0 aliphatic carbocycles. The molecule has 1 unspecified atom stereocenters. The van der Waals surface area contributed by atoms with Gasteiger partial charge < -0.3 is 19.5 Å². The van der Waals surface area contributed by atoms with E-state index in [9.17, 15) is 9.59 Å². The Bertz CT molecular complexity index is 1300. The molecule has 1 atom stereocenters. The van der Waals surface area contributed by atoms with Gasteiger partial charge in [0.15, 0.2) is 17.6 Å². The molecule has 4 aromatic rings. The van der Waals surface area contributed by atoms with E-state index in [1.54, 1.807) is 30.3 Å². The standard InChI is InChI=1S/C24H18N2O5S/c1-14(22(27)25-15-10-11-19-20(12-15)30-13-29-19)31-24(28)17-7-3-2-6-16(17)23-26-18-8-4-5-9-21(18)32-23/h2-12,14H,13H2,1H3,(H,25,27). The zero-order valence-corrected chi connectivity index (χ0v) is 17.8. The number of fused-ring (bicyclic) bond motifs is 2. The smallest absolute Gasteiger partial charge is 0.339 e. The zero-order valence-electron chi connectivity index (χ0n) is 17.0. The minimum absolute atomic E-state index is 0.148. The summed E-state index contributed by atoms with van der Waals surface area (Å²) < 4.78 is 17.1. The molecule has 1 aliphatic heterocycles. The van der Waals surface area contributed by atoms with Crippen molar-refractivity contribution in [3.05, 3.63) is 72.3 Å². The van der Waals surface area contributed by atoms with Crippen molar-refractivity contribution in [1.82, 2.24) is 4.98 Å². The summed E-state index contributed by atoms with van der Waals surface area (Å²) in [6, 6.07) is 20.0. The Labute approximate surface area is 187 Å². The van der Waals surface area contributed by atoms with Crippen LogP contribution in [0.4, 0.5) is 5.69 Å². The van der Waals surface area contributed by atoms with Crippen molar-refractivity contribution >= 4 is 39.1 Å². The number of anilines is 1. The number of nitrogens with zero attached hydrogens (tertiary/aromatic N) is 1. The third kappa shape index (κ3) is 3.88. The highest BCUT2D eigenvalue weighted by atomic mass is 32.1. The lowest BCUT2D eigenvalue weighted by atomic mass is 10.1. The quantitative estimate of drug-likeness (QED) is 0.440. The lowest BCUT2D eigenvalue weighted by Gasteiger charge is -2.15. The number of ether oxygens (including phenoxy) is 3. The normalized spacial score (nSPS) is 13.0. The molecule has 0 saturated heterocycles. The van der Waals surface area contributed by atoms with Crippen LogP contribution in [0, 0.1) is 0 Å². The SMILES string of the molecule is CC(OC(=O)c1ccccc1-c1nc2ccccc2s1)C(=O)Nc1ccc2c(c1)OCO2. The first-order chi connectivity index (χ1) is 15.6. The van der Waals surface area contributed by atoms with Gasteiger partial charge in [0.25, 0.3) is 5.91 Å². The van der Waals surface area contributed by atoms with Gasteiger partial charge in [0.2, 0.25) is 6.79 Å². The summed E-state index contributed by atoms with van der Waals surface area (Å²) in [6.07, 6.45) is -1.00. The minimum Gasteiger partial charge on any atom is -0.454 e. The van der Waals surface area contributed by atoms with E-state index in [0.717, 1.165) is 15.2 Å². The molecule has 0 radical (unpaired) electrons. The first-order valence-electron chi connectivity index (χ1n) is 9.95. The molecular formula is C24H18N2O5S. The van der Waals surface area contributed by atoms with E-state index in [0.29, 0.717) is 28.3 Å². The number of thiazole rings is 1. The Kier molecular flexibility index (Phi) is 5.20. The van der Waals surface area contributed by atoms with Gasteiger partial charge in [0.05, 0.1) is 15.8 Å². The predicted octanol–water partition coefficient (Wildman–Crippen LogP) is 4.88. The Balaban J connectivity index is 1.32. The zero-order chi connectivity index (χ0) is 22.1. The monoisotopic (exact) mass is 446 g/mol.